The van der Waals surface area contributed by atoms with E-state index in [4.69, 9.17) is 34.8 Å². The second-order valence-electron chi connectivity index (χ2n) is 4.56. The average Bonchev–Trinajstić information content (AvgIpc) is 2.39. The van der Waals surface area contributed by atoms with E-state index in [1.807, 2.05) is 0 Å². The smallest absolute Gasteiger partial charge is 0.271 e. The maximum atomic E-state index is 12.1. The average molecular weight is 324 g/mol. The van der Waals surface area contributed by atoms with Crippen LogP contribution in [-0.2, 0) is 0 Å². The zero-order valence-electron chi connectivity index (χ0n) is 10.00. The molecule has 0 saturated heterocycles. The predicted octanol–water partition coefficient (Wildman–Crippen LogP) is 3.08. The van der Waals surface area contributed by atoms with Crippen molar-refractivity contribution in [1.29, 1.82) is 0 Å². The second kappa shape index (κ2) is 6.27. The van der Waals surface area contributed by atoms with E-state index in [2.05, 4.69) is 10.3 Å². The molecule has 0 radical (unpaired) electrons. The van der Waals surface area contributed by atoms with Gasteiger partial charge in [0.05, 0.1) is 21.2 Å². The minimum absolute atomic E-state index is 0.0308. The number of aliphatic hydroxyl groups is 1. The third kappa shape index (κ3) is 3.51. The summed E-state index contributed by atoms with van der Waals surface area (Å²) >= 11 is 17.6. The molecule has 1 fully saturated rings. The lowest BCUT2D eigenvalue weighted by atomic mass is 9.93. The molecule has 7 heteroatoms. The van der Waals surface area contributed by atoms with Gasteiger partial charge in [0.2, 0.25) is 0 Å². The van der Waals surface area contributed by atoms with E-state index in [9.17, 15) is 9.90 Å². The molecule has 1 saturated carbocycles. The highest BCUT2D eigenvalue weighted by Gasteiger charge is 2.23. The van der Waals surface area contributed by atoms with Crippen molar-refractivity contribution in [2.45, 2.75) is 37.8 Å². The Morgan fingerprint density at radius 2 is 1.84 bits per heavy atom. The van der Waals surface area contributed by atoms with Gasteiger partial charge in [0, 0.05) is 12.2 Å². The molecule has 19 heavy (non-hydrogen) atoms. The summed E-state index contributed by atoms with van der Waals surface area (Å²) in [6.07, 6.45) is 3.90. The number of nitrogens with zero attached hydrogens (tertiary/aromatic N) is 1. The number of aliphatic hydroxyl groups excluding tert-OH is 1. The first-order valence-electron chi connectivity index (χ1n) is 5.97. The molecule has 104 valence electrons. The van der Waals surface area contributed by atoms with Gasteiger partial charge in [-0.3, -0.25) is 4.79 Å². The number of hydrogen-bond donors (Lipinski definition) is 2. The Morgan fingerprint density at radius 1 is 1.21 bits per heavy atom. The Balaban J connectivity index is 2.06. The number of amides is 1. The lowest BCUT2D eigenvalue weighted by Gasteiger charge is -2.26. The van der Waals surface area contributed by atoms with Crippen LogP contribution < -0.4 is 5.32 Å². The molecular formula is C12H13Cl3N2O2. The topological polar surface area (TPSA) is 62.2 Å². The summed E-state index contributed by atoms with van der Waals surface area (Å²) in [7, 11) is 0. The first kappa shape index (κ1) is 14.9. The molecule has 1 aromatic heterocycles. The van der Waals surface area contributed by atoms with E-state index in [0.29, 0.717) is 12.8 Å². The van der Waals surface area contributed by atoms with E-state index < -0.39 is 0 Å². The van der Waals surface area contributed by atoms with Gasteiger partial charge < -0.3 is 10.4 Å². The highest BCUT2D eigenvalue weighted by atomic mass is 35.5. The Bertz CT molecular complexity index is 488. The number of pyridine rings is 1. The SMILES string of the molecule is O=C(NC1CCC(O)CC1)c1ncc(Cl)c(Cl)c1Cl. The van der Waals surface area contributed by atoms with Crippen LogP contribution in [0.15, 0.2) is 6.20 Å². The number of nitrogens with one attached hydrogen (secondary N) is 1. The molecule has 2 N–H and O–H groups in total. The van der Waals surface area contributed by atoms with Crippen molar-refractivity contribution >= 4 is 40.7 Å². The molecule has 1 aromatic rings. The molecule has 0 aliphatic heterocycles. The number of carbonyl (C=O) groups excluding carboxylic acids is 1. The Kier molecular flexibility index (Phi) is 4.90. The number of hydrogen-bond acceptors (Lipinski definition) is 3. The zero-order chi connectivity index (χ0) is 14.0. The third-order valence-electron chi connectivity index (χ3n) is 3.16. The summed E-state index contributed by atoms with van der Waals surface area (Å²) in [5, 5.41) is 12.7. The number of rotatable bonds is 2. The lowest BCUT2D eigenvalue weighted by Crippen LogP contribution is -2.39. The van der Waals surface area contributed by atoms with Crippen LogP contribution in [0.4, 0.5) is 0 Å². The van der Waals surface area contributed by atoms with Gasteiger partial charge in [0.25, 0.3) is 5.91 Å². The van der Waals surface area contributed by atoms with Crippen molar-refractivity contribution in [3.8, 4) is 0 Å². The summed E-state index contributed by atoms with van der Waals surface area (Å²) in [4.78, 5) is 16.0. The van der Waals surface area contributed by atoms with Crippen LogP contribution in [0.3, 0.4) is 0 Å². The fourth-order valence-corrected chi connectivity index (χ4v) is 2.64. The summed E-state index contributed by atoms with van der Waals surface area (Å²) in [5.74, 6) is -0.370. The van der Waals surface area contributed by atoms with Crippen molar-refractivity contribution in [3.05, 3.63) is 27.0 Å². The zero-order valence-corrected chi connectivity index (χ0v) is 12.3. The van der Waals surface area contributed by atoms with Crippen LogP contribution in [-0.4, -0.2) is 28.1 Å². The van der Waals surface area contributed by atoms with Crippen LogP contribution >= 0.6 is 34.8 Å². The Hall–Kier alpha value is -0.550. The normalized spacial score (nSPS) is 23.2. The van der Waals surface area contributed by atoms with Crippen molar-refractivity contribution in [3.63, 3.8) is 0 Å². The Morgan fingerprint density at radius 3 is 2.47 bits per heavy atom. The van der Waals surface area contributed by atoms with Gasteiger partial charge in [-0.25, -0.2) is 4.98 Å². The maximum absolute atomic E-state index is 12.1. The molecule has 1 amide bonds. The van der Waals surface area contributed by atoms with Crippen molar-refractivity contribution in [2.75, 3.05) is 0 Å². The Labute approximate surface area is 126 Å². The monoisotopic (exact) mass is 322 g/mol. The lowest BCUT2D eigenvalue weighted by molar-refractivity contribution is 0.0863. The largest absolute Gasteiger partial charge is 0.393 e. The van der Waals surface area contributed by atoms with Crippen LogP contribution in [0.25, 0.3) is 0 Å². The molecule has 1 heterocycles. The number of halogens is 3. The van der Waals surface area contributed by atoms with Crippen LogP contribution in [0.1, 0.15) is 36.2 Å². The van der Waals surface area contributed by atoms with Gasteiger partial charge in [-0.15, -0.1) is 0 Å². The van der Waals surface area contributed by atoms with E-state index in [-0.39, 0.29) is 38.8 Å². The molecule has 0 unspecified atom stereocenters. The van der Waals surface area contributed by atoms with E-state index in [1.165, 1.54) is 6.20 Å². The quantitative estimate of drug-likeness (QED) is 0.879. The fourth-order valence-electron chi connectivity index (χ4n) is 2.08. The van der Waals surface area contributed by atoms with E-state index in [1.54, 1.807) is 0 Å². The standard InChI is InChI=1S/C12H13Cl3N2O2/c13-8-5-16-11(10(15)9(8)14)12(19)17-6-1-3-7(18)4-2-6/h5-7,18H,1-4H2,(H,17,19). The summed E-state index contributed by atoms with van der Waals surface area (Å²) in [6.45, 7) is 0. The molecule has 0 spiro atoms. The first-order chi connectivity index (χ1) is 8.99. The van der Waals surface area contributed by atoms with Crippen LogP contribution in [0.2, 0.25) is 15.1 Å². The minimum atomic E-state index is -0.370. The molecule has 0 aromatic carbocycles. The number of aromatic nitrogens is 1. The molecular weight excluding hydrogens is 311 g/mol. The van der Waals surface area contributed by atoms with Crippen LogP contribution in [0, 0.1) is 0 Å². The minimum Gasteiger partial charge on any atom is -0.393 e. The molecule has 2 rings (SSSR count). The van der Waals surface area contributed by atoms with Crippen molar-refractivity contribution in [2.24, 2.45) is 0 Å². The highest BCUT2D eigenvalue weighted by molar-refractivity contribution is 6.48. The van der Waals surface area contributed by atoms with Gasteiger partial charge in [0.1, 0.15) is 5.69 Å². The van der Waals surface area contributed by atoms with Gasteiger partial charge in [-0.1, -0.05) is 34.8 Å². The van der Waals surface area contributed by atoms with Gasteiger partial charge in [-0.2, -0.15) is 0 Å². The van der Waals surface area contributed by atoms with Gasteiger partial charge in [0.15, 0.2) is 0 Å². The van der Waals surface area contributed by atoms with Crippen molar-refractivity contribution < 1.29 is 9.90 Å². The number of carbonyl (C=O) groups is 1. The predicted molar refractivity (Wildman–Crippen MR) is 75.0 cm³/mol. The van der Waals surface area contributed by atoms with Gasteiger partial charge in [-0.05, 0) is 25.7 Å². The summed E-state index contributed by atoms with van der Waals surface area (Å²) < 4.78 is 0. The van der Waals surface area contributed by atoms with E-state index >= 15 is 0 Å². The van der Waals surface area contributed by atoms with Crippen molar-refractivity contribution in [1.82, 2.24) is 10.3 Å². The molecule has 4 nitrogen and oxygen atoms in total. The third-order valence-corrected chi connectivity index (χ3v) is 4.40. The maximum Gasteiger partial charge on any atom is 0.271 e. The summed E-state index contributed by atoms with van der Waals surface area (Å²) in [5.41, 5.74) is 0.0715. The second-order valence-corrected chi connectivity index (χ2v) is 5.72. The molecule has 0 atom stereocenters. The van der Waals surface area contributed by atoms with Gasteiger partial charge >= 0.3 is 0 Å². The summed E-state index contributed by atoms with van der Waals surface area (Å²) in [6, 6.07) is 0.0308. The molecule has 1 aliphatic carbocycles. The molecule has 0 bridgehead atoms. The molecule has 1 aliphatic rings. The van der Waals surface area contributed by atoms with E-state index in [0.717, 1.165) is 12.8 Å². The fraction of sp³-hybridized carbons (Fsp3) is 0.500. The van der Waals surface area contributed by atoms with Crippen LogP contribution in [0.5, 0.6) is 0 Å². The highest BCUT2D eigenvalue weighted by Crippen LogP contribution is 2.31. The first-order valence-corrected chi connectivity index (χ1v) is 7.11.